The molecule has 0 saturated heterocycles. The number of carboxylic acid groups (broad SMARTS) is 1. The highest BCUT2D eigenvalue weighted by Crippen LogP contribution is 2.02. The lowest BCUT2D eigenvalue weighted by Crippen LogP contribution is -2.39. The van der Waals surface area contributed by atoms with E-state index in [2.05, 4.69) is 10.6 Å². The van der Waals surface area contributed by atoms with Crippen LogP contribution in [0.15, 0.2) is 24.3 Å². The van der Waals surface area contributed by atoms with E-state index in [1.165, 1.54) is 0 Å². The molecule has 0 fully saturated rings. The fraction of sp³-hybridized carbons (Fsp3) is 0.308. The molecule has 0 unspecified atom stereocenters. The lowest BCUT2D eigenvalue weighted by atomic mass is 10.1. The molecular weight excluding hydrogens is 248 g/mol. The first kappa shape index (κ1) is 14.7. The second kappa shape index (κ2) is 7.15. The molecule has 0 aliphatic carbocycles. The Balaban J connectivity index is 2.29. The first-order valence-electron chi connectivity index (χ1n) is 5.82. The van der Waals surface area contributed by atoms with Crippen LogP contribution >= 0.6 is 0 Å². The van der Waals surface area contributed by atoms with Crippen molar-refractivity contribution in [3.8, 4) is 0 Å². The molecule has 0 heterocycles. The maximum atomic E-state index is 11.3. The van der Waals surface area contributed by atoms with Crippen LogP contribution in [-0.4, -0.2) is 23.0 Å². The fourth-order valence-corrected chi connectivity index (χ4v) is 1.34. The Labute approximate surface area is 110 Å². The summed E-state index contributed by atoms with van der Waals surface area (Å²) < 4.78 is 0. The van der Waals surface area contributed by atoms with Crippen LogP contribution in [0.3, 0.4) is 0 Å². The molecule has 3 amide bonds. The molecule has 0 aromatic heterocycles. The van der Waals surface area contributed by atoms with E-state index < -0.39 is 17.9 Å². The molecule has 1 aromatic rings. The van der Waals surface area contributed by atoms with Crippen LogP contribution in [0.1, 0.15) is 24.0 Å². The number of benzene rings is 1. The number of carboxylic acids is 1. The van der Waals surface area contributed by atoms with E-state index in [1.54, 1.807) is 0 Å². The smallest absolute Gasteiger partial charge is 0.321 e. The highest BCUT2D eigenvalue weighted by molar-refractivity contribution is 5.95. The second-order valence-corrected chi connectivity index (χ2v) is 4.11. The summed E-state index contributed by atoms with van der Waals surface area (Å²) in [7, 11) is 0. The van der Waals surface area contributed by atoms with Gasteiger partial charge in [0.1, 0.15) is 0 Å². The summed E-state index contributed by atoms with van der Waals surface area (Å²) in [5, 5.41) is 13.0. The summed E-state index contributed by atoms with van der Waals surface area (Å²) in [6, 6.07) is 6.97. The number of carbonyl (C=O) groups excluding carboxylic acids is 2. The van der Waals surface area contributed by atoms with Crippen molar-refractivity contribution in [3.05, 3.63) is 35.4 Å². The average Bonchev–Trinajstić information content (AvgIpc) is 2.36. The normalized spacial score (nSPS) is 9.74. The quantitative estimate of drug-likeness (QED) is 0.744. The summed E-state index contributed by atoms with van der Waals surface area (Å²) in [6.07, 6.45) is -0.510. The molecule has 0 saturated carbocycles. The van der Waals surface area contributed by atoms with Crippen molar-refractivity contribution < 1.29 is 19.5 Å². The molecule has 0 bridgehead atoms. The maximum absolute atomic E-state index is 11.3. The predicted molar refractivity (Wildman–Crippen MR) is 68.4 cm³/mol. The van der Waals surface area contributed by atoms with Gasteiger partial charge in [0.15, 0.2) is 0 Å². The molecule has 0 aliphatic rings. The number of aliphatic carboxylic acids is 1. The predicted octanol–water partition coefficient (Wildman–Crippen LogP) is 1.19. The van der Waals surface area contributed by atoms with E-state index in [0.717, 1.165) is 11.1 Å². The van der Waals surface area contributed by atoms with Crippen molar-refractivity contribution in [3.63, 3.8) is 0 Å². The molecule has 102 valence electrons. The zero-order valence-electron chi connectivity index (χ0n) is 10.6. The Kier molecular flexibility index (Phi) is 5.53. The van der Waals surface area contributed by atoms with Gasteiger partial charge in [-0.2, -0.15) is 0 Å². The fourth-order valence-electron chi connectivity index (χ4n) is 1.34. The molecule has 3 N–H and O–H groups in total. The number of imide groups is 1. The van der Waals surface area contributed by atoms with Gasteiger partial charge < -0.3 is 10.4 Å². The van der Waals surface area contributed by atoms with Crippen LogP contribution in [-0.2, 0) is 16.1 Å². The lowest BCUT2D eigenvalue weighted by Gasteiger charge is -2.06. The Morgan fingerprint density at radius 2 is 1.74 bits per heavy atom. The van der Waals surface area contributed by atoms with Crippen molar-refractivity contribution in [1.29, 1.82) is 0 Å². The third kappa shape index (κ3) is 6.21. The minimum absolute atomic E-state index is 0.215. The van der Waals surface area contributed by atoms with Gasteiger partial charge in [-0.05, 0) is 12.5 Å². The van der Waals surface area contributed by atoms with Crippen LogP contribution < -0.4 is 10.6 Å². The van der Waals surface area contributed by atoms with E-state index in [4.69, 9.17) is 5.11 Å². The number of nitrogens with one attached hydrogen (secondary N) is 2. The number of urea groups is 1. The first-order valence-corrected chi connectivity index (χ1v) is 5.82. The Morgan fingerprint density at radius 1 is 1.11 bits per heavy atom. The summed E-state index contributed by atoms with van der Waals surface area (Å²) >= 11 is 0. The monoisotopic (exact) mass is 264 g/mol. The minimum atomic E-state index is -1.07. The van der Waals surface area contributed by atoms with Crippen LogP contribution in [0.25, 0.3) is 0 Å². The third-order valence-electron chi connectivity index (χ3n) is 2.39. The number of hydrogen-bond donors (Lipinski definition) is 3. The zero-order valence-corrected chi connectivity index (χ0v) is 10.6. The van der Waals surface area contributed by atoms with Crippen molar-refractivity contribution >= 4 is 17.9 Å². The maximum Gasteiger partial charge on any atom is 0.321 e. The van der Waals surface area contributed by atoms with E-state index >= 15 is 0 Å². The Morgan fingerprint density at radius 3 is 2.32 bits per heavy atom. The van der Waals surface area contributed by atoms with E-state index in [9.17, 15) is 14.4 Å². The van der Waals surface area contributed by atoms with Crippen LogP contribution in [0.5, 0.6) is 0 Å². The van der Waals surface area contributed by atoms with Gasteiger partial charge in [-0.15, -0.1) is 0 Å². The number of amides is 3. The van der Waals surface area contributed by atoms with Gasteiger partial charge in [-0.25, -0.2) is 4.79 Å². The summed E-state index contributed by atoms with van der Waals surface area (Å²) in [6.45, 7) is 2.27. The molecule has 0 spiro atoms. The van der Waals surface area contributed by atoms with Crippen molar-refractivity contribution in [2.75, 3.05) is 0 Å². The number of carbonyl (C=O) groups is 3. The molecule has 1 rings (SSSR count). The van der Waals surface area contributed by atoms with Crippen LogP contribution in [0.4, 0.5) is 4.79 Å². The second-order valence-electron chi connectivity index (χ2n) is 4.11. The van der Waals surface area contributed by atoms with Gasteiger partial charge in [0, 0.05) is 13.0 Å². The Bertz CT molecular complexity index is 468. The number of aryl methyl sites for hydroxylation is 1. The molecule has 0 radical (unpaired) electrons. The number of hydrogen-bond acceptors (Lipinski definition) is 3. The molecule has 6 heteroatoms. The molecule has 6 nitrogen and oxygen atoms in total. The van der Waals surface area contributed by atoms with Crippen molar-refractivity contribution in [2.24, 2.45) is 0 Å². The van der Waals surface area contributed by atoms with E-state index in [0.29, 0.717) is 6.54 Å². The van der Waals surface area contributed by atoms with Gasteiger partial charge in [0.25, 0.3) is 0 Å². The van der Waals surface area contributed by atoms with E-state index in [1.807, 2.05) is 31.2 Å². The SMILES string of the molecule is Cc1ccc(CNC(=O)NC(=O)CCC(=O)O)cc1. The van der Waals surface area contributed by atoms with E-state index in [-0.39, 0.29) is 12.8 Å². The molecule has 19 heavy (non-hydrogen) atoms. The van der Waals surface area contributed by atoms with Crippen LogP contribution in [0, 0.1) is 6.92 Å². The first-order chi connectivity index (χ1) is 8.97. The van der Waals surface area contributed by atoms with Crippen LogP contribution in [0.2, 0.25) is 0 Å². The minimum Gasteiger partial charge on any atom is -0.481 e. The summed E-state index contributed by atoms with van der Waals surface area (Å²) in [5.74, 6) is -1.68. The highest BCUT2D eigenvalue weighted by Gasteiger charge is 2.09. The van der Waals surface area contributed by atoms with Gasteiger partial charge in [-0.1, -0.05) is 29.8 Å². The standard InChI is InChI=1S/C13H16N2O4/c1-9-2-4-10(5-3-9)8-14-13(19)15-11(16)6-7-12(17)18/h2-5H,6-8H2,1H3,(H,17,18)(H2,14,15,16,19). The third-order valence-corrected chi connectivity index (χ3v) is 2.39. The highest BCUT2D eigenvalue weighted by atomic mass is 16.4. The molecular formula is C13H16N2O4. The van der Waals surface area contributed by atoms with Gasteiger partial charge in [-0.3, -0.25) is 14.9 Å². The summed E-state index contributed by atoms with van der Waals surface area (Å²) in [5.41, 5.74) is 2.04. The molecule has 0 aliphatic heterocycles. The molecule has 0 atom stereocenters. The zero-order chi connectivity index (χ0) is 14.3. The van der Waals surface area contributed by atoms with Gasteiger partial charge in [0.2, 0.25) is 5.91 Å². The topological polar surface area (TPSA) is 95.5 Å². The number of rotatable bonds is 5. The lowest BCUT2D eigenvalue weighted by molar-refractivity contribution is -0.138. The Hall–Kier alpha value is -2.37. The van der Waals surface area contributed by atoms with Crippen molar-refractivity contribution in [2.45, 2.75) is 26.3 Å². The summed E-state index contributed by atoms with van der Waals surface area (Å²) in [4.78, 5) is 32.8. The van der Waals surface area contributed by atoms with Gasteiger partial charge in [0.05, 0.1) is 6.42 Å². The van der Waals surface area contributed by atoms with Crippen molar-refractivity contribution in [1.82, 2.24) is 10.6 Å². The molecule has 1 aromatic carbocycles. The van der Waals surface area contributed by atoms with Gasteiger partial charge >= 0.3 is 12.0 Å². The average molecular weight is 264 g/mol. The largest absolute Gasteiger partial charge is 0.481 e.